The van der Waals surface area contributed by atoms with E-state index < -0.39 is 11.2 Å². The van der Waals surface area contributed by atoms with Crippen molar-refractivity contribution in [1.82, 2.24) is 0 Å². The Morgan fingerprint density at radius 3 is 1.30 bits per heavy atom. The Balaban J connectivity index is 0.000000594. The number of aliphatic hydroxyl groups excluding tert-OH is 2. The highest BCUT2D eigenvalue weighted by Gasteiger charge is 2.33. The summed E-state index contributed by atoms with van der Waals surface area (Å²) in [5, 5.41) is 40.7. The van der Waals surface area contributed by atoms with Crippen molar-refractivity contribution in [2.24, 2.45) is 11.8 Å². The summed E-state index contributed by atoms with van der Waals surface area (Å²) in [7, 11) is 0. The minimum Gasteiger partial charge on any atom is -0.396 e. The topological polar surface area (TPSA) is 139 Å². The fourth-order valence-electron chi connectivity index (χ4n) is 4.26. The molecule has 1 aliphatic rings. The summed E-state index contributed by atoms with van der Waals surface area (Å²) in [6.45, 7) is 16.7. The van der Waals surface area contributed by atoms with Gasteiger partial charge in [0.05, 0.1) is 28.9 Å². The van der Waals surface area contributed by atoms with Gasteiger partial charge < -0.3 is 31.1 Å². The maximum absolute atomic E-state index is 13.4. The van der Waals surface area contributed by atoms with Crippen molar-refractivity contribution in [2.75, 3.05) is 36.9 Å². The molecule has 1 aliphatic carbocycles. The number of aliphatic hydroxyl groups is 4. The molecule has 0 aromatic heterocycles. The van der Waals surface area contributed by atoms with E-state index in [-0.39, 0.29) is 24.8 Å². The number of carbonyl (C=O) groups excluding carboxylic acids is 2. The van der Waals surface area contributed by atoms with Crippen LogP contribution in [0.3, 0.4) is 0 Å². The largest absolute Gasteiger partial charge is 0.396 e. The first-order valence-electron chi connectivity index (χ1n) is 15.5. The van der Waals surface area contributed by atoms with Gasteiger partial charge in [0, 0.05) is 42.2 Å². The lowest BCUT2D eigenvalue weighted by molar-refractivity contribution is 0.0183. The van der Waals surface area contributed by atoms with Crippen LogP contribution in [-0.2, 0) is 0 Å². The summed E-state index contributed by atoms with van der Waals surface area (Å²) in [5.41, 5.74) is 1.93. The van der Waals surface area contributed by atoms with Crippen LogP contribution in [-0.4, -0.2) is 69.5 Å². The van der Waals surface area contributed by atoms with Gasteiger partial charge in [-0.05, 0) is 83.8 Å². The van der Waals surface area contributed by atoms with Crippen LogP contribution in [0.5, 0.6) is 0 Å². The molecule has 0 saturated carbocycles. The van der Waals surface area contributed by atoms with Gasteiger partial charge in [0.2, 0.25) is 0 Å². The monoisotopic (exact) mass is 600 g/mol. The quantitative estimate of drug-likeness (QED) is 0.130. The second-order valence-corrected chi connectivity index (χ2v) is 13.3. The van der Waals surface area contributed by atoms with E-state index >= 15 is 0 Å². The van der Waals surface area contributed by atoms with E-state index in [2.05, 4.69) is 38.3 Å². The second kappa shape index (κ2) is 18.1. The standard InChI is InChI=1S/C26H34N2O2.C5H12O2.C4H10O2/c1-17(2)9-7-15-27-21-13-14-22(28-16-8-10-18(3)4)24-23(21)25(29)19-11-5-6-12-20(19)26(24)30;1-5(2,7)3-4-6;1-4(2,6)3-5/h5-6,11-14,17-18,27-28H,7-10,15-16H2,1-4H3;6-7H,3-4H2,1-2H3;5-6H,3H2,1-2H3. The third-order valence-corrected chi connectivity index (χ3v) is 6.73. The number of fused-ring (bicyclic) bond motifs is 2. The molecule has 0 atom stereocenters. The fourth-order valence-corrected chi connectivity index (χ4v) is 4.26. The van der Waals surface area contributed by atoms with Crippen LogP contribution in [0, 0.1) is 11.8 Å². The van der Waals surface area contributed by atoms with Crippen molar-refractivity contribution in [3.05, 3.63) is 58.7 Å². The maximum Gasteiger partial charge on any atom is 0.196 e. The summed E-state index contributed by atoms with van der Waals surface area (Å²) in [5.74, 6) is 1.15. The molecular formula is C35H56N2O6. The van der Waals surface area contributed by atoms with E-state index in [0.29, 0.717) is 40.5 Å². The summed E-state index contributed by atoms with van der Waals surface area (Å²) < 4.78 is 0. The molecule has 0 spiro atoms. The van der Waals surface area contributed by atoms with Gasteiger partial charge in [-0.25, -0.2) is 0 Å². The van der Waals surface area contributed by atoms with Crippen LogP contribution in [0.1, 0.15) is 119 Å². The molecule has 6 N–H and O–H groups in total. The van der Waals surface area contributed by atoms with Crippen LogP contribution < -0.4 is 10.6 Å². The smallest absolute Gasteiger partial charge is 0.196 e. The van der Waals surface area contributed by atoms with Crippen LogP contribution in [0.4, 0.5) is 11.4 Å². The average Bonchev–Trinajstić information content (AvgIpc) is 2.91. The Hall–Kier alpha value is -2.78. The van der Waals surface area contributed by atoms with Crippen molar-refractivity contribution in [3.8, 4) is 0 Å². The van der Waals surface area contributed by atoms with E-state index in [0.717, 1.165) is 50.1 Å². The molecule has 0 unspecified atom stereocenters. The van der Waals surface area contributed by atoms with Crippen molar-refractivity contribution >= 4 is 22.9 Å². The number of hydrogen-bond acceptors (Lipinski definition) is 8. The molecule has 3 rings (SSSR count). The fraction of sp³-hybridized carbons (Fsp3) is 0.600. The average molecular weight is 601 g/mol. The molecule has 0 aliphatic heterocycles. The molecule has 0 radical (unpaired) electrons. The van der Waals surface area contributed by atoms with E-state index in [1.54, 1.807) is 39.8 Å². The summed E-state index contributed by atoms with van der Waals surface area (Å²) in [4.78, 5) is 26.7. The molecule has 0 fully saturated rings. The van der Waals surface area contributed by atoms with Gasteiger partial charge in [0.25, 0.3) is 0 Å². The maximum atomic E-state index is 13.4. The van der Waals surface area contributed by atoms with Gasteiger partial charge >= 0.3 is 0 Å². The van der Waals surface area contributed by atoms with Crippen LogP contribution in [0.25, 0.3) is 0 Å². The normalized spacial score (nSPS) is 12.6. The zero-order valence-electron chi connectivity index (χ0n) is 27.6. The third-order valence-electron chi connectivity index (χ3n) is 6.73. The van der Waals surface area contributed by atoms with Gasteiger partial charge in [0.1, 0.15) is 0 Å². The van der Waals surface area contributed by atoms with Crippen molar-refractivity contribution in [3.63, 3.8) is 0 Å². The Morgan fingerprint density at radius 2 is 1.05 bits per heavy atom. The lowest BCUT2D eigenvalue weighted by Gasteiger charge is -2.24. The molecular weight excluding hydrogens is 544 g/mol. The molecule has 0 amide bonds. The van der Waals surface area contributed by atoms with E-state index in [1.807, 2.05) is 24.3 Å². The van der Waals surface area contributed by atoms with E-state index in [9.17, 15) is 9.59 Å². The second-order valence-electron chi connectivity index (χ2n) is 13.3. The first-order valence-corrected chi connectivity index (χ1v) is 15.5. The molecule has 8 heteroatoms. The third kappa shape index (κ3) is 14.0. The Kier molecular flexibility index (Phi) is 16.1. The molecule has 0 heterocycles. The highest BCUT2D eigenvalue weighted by atomic mass is 16.3. The minimum absolute atomic E-state index is 0.0590. The highest BCUT2D eigenvalue weighted by molar-refractivity contribution is 6.31. The Bertz CT molecular complexity index is 1070. The van der Waals surface area contributed by atoms with Gasteiger partial charge in [-0.1, -0.05) is 52.0 Å². The Morgan fingerprint density at radius 1 is 0.674 bits per heavy atom. The van der Waals surface area contributed by atoms with E-state index in [1.165, 1.54) is 0 Å². The zero-order valence-corrected chi connectivity index (χ0v) is 27.6. The lowest BCUT2D eigenvalue weighted by Crippen LogP contribution is -2.24. The van der Waals surface area contributed by atoms with Crippen molar-refractivity contribution < 1.29 is 30.0 Å². The summed E-state index contributed by atoms with van der Waals surface area (Å²) in [6, 6.07) is 11.0. The summed E-state index contributed by atoms with van der Waals surface area (Å²) >= 11 is 0. The minimum atomic E-state index is -0.903. The van der Waals surface area contributed by atoms with Crippen molar-refractivity contribution in [2.45, 2.75) is 98.7 Å². The Labute approximate surface area is 258 Å². The number of nitrogens with one attached hydrogen (secondary N) is 2. The van der Waals surface area contributed by atoms with Crippen LogP contribution in [0.2, 0.25) is 0 Å². The zero-order chi connectivity index (χ0) is 32.8. The number of hydrogen-bond donors (Lipinski definition) is 6. The summed E-state index contributed by atoms with van der Waals surface area (Å²) in [6.07, 6.45) is 4.76. The SMILES string of the molecule is CC(C)(O)CCO.CC(C)(O)CO.CC(C)CCCNc1ccc(NCCCC(C)C)c2c1C(=O)c1ccccc1C2=O. The predicted octanol–water partition coefficient (Wildman–Crippen LogP) is 6.05. The van der Waals surface area contributed by atoms with E-state index in [4.69, 9.17) is 20.4 Å². The van der Waals surface area contributed by atoms with Crippen LogP contribution in [0.15, 0.2) is 36.4 Å². The predicted molar refractivity (Wildman–Crippen MR) is 176 cm³/mol. The number of benzene rings is 2. The van der Waals surface area contributed by atoms with Crippen LogP contribution >= 0.6 is 0 Å². The first kappa shape index (κ1) is 38.2. The van der Waals surface area contributed by atoms with Gasteiger partial charge in [0.15, 0.2) is 11.6 Å². The lowest BCUT2D eigenvalue weighted by atomic mass is 9.82. The molecule has 0 saturated heterocycles. The number of rotatable bonds is 13. The molecule has 43 heavy (non-hydrogen) atoms. The van der Waals surface area contributed by atoms with Gasteiger partial charge in [-0.15, -0.1) is 0 Å². The molecule has 8 nitrogen and oxygen atoms in total. The molecule has 242 valence electrons. The first-order chi connectivity index (χ1) is 20.0. The van der Waals surface area contributed by atoms with Gasteiger partial charge in [-0.3, -0.25) is 9.59 Å². The number of ketones is 2. The van der Waals surface area contributed by atoms with Gasteiger partial charge in [-0.2, -0.15) is 0 Å². The highest BCUT2D eigenvalue weighted by Crippen LogP contribution is 2.36. The molecule has 2 aromatic carbocycles. The number of carbonyl (C=O) groups is 2. The number of anilines is 2. The molecule has 2 aromatic rings. The molecule has 0 bridgehead atoms. The van der Waals surface area contributed by atoms with Crippen molar-refractivity contribution in [1.29, 1.82) is 0 Å².